The first-order chi connectivity index (χ1) is 12.1. The topological polar surface area (TPSA) is 85.8 Å². The van der Waals surface area contributed by atoms with Crippen LogP contribution in [-0.2, 0) is 11.3 Å². The third-order valence-electron chi connectivity index (χ3n) is 5.25. The molecule has 25 heavy (non-hydrogen) atoms. The maximum absolute atomic E-state index is 12.3. The molecule has 0 bridgehead atoms. The van der Waals surface area contributed by atoms with Crippen molar-refractivity contribution >= 4 is 5.91 Å². The minimum absolute atomic E-state index is 0.00336. The van der Waals surface area contributed by atoms with Gasteiger partial charge in [-0.1, -0.05) is 25.3 Å². The molecule has 1 amide bonds. The van der Waals surface area contributed by atoms with Crippen molar-refractivity contribution in [3.05, 3.63) is 42.1 Å². The predicted molar refractivity (Wildman–Crippen MR) is 97.1 cm³/mol. The van der Waals surface area contributed by atoms with E-state index in [-0.39, 0.29) is 11.3 Å². The predicted octanol–water partition coefficient (Wildman–Crippen LogP) is 2.49. The summed E-state index contributed by atoms with van der Waals surface area (Å²) >= 11 is 0. The fraction of sp³-hybridized carbons (Fsp3) is 0.526. The molecule has 3 N–H and O–H groups in total. The molecule has 1 aliphatic carbocycles. The number of hydrogen-bond acceptors (Lipinski definition) is 4. The van der Waals surface area contributed by atoms with Gasteiger partial charge in [-0.15, -0.1) is 0 Å². The Morgan fingerprint density at radius 1 is 1.28 bits per heavy atom. The van der Waals surface area contributed by atoms with E-state index in [1.807, 2.05) is 29.8 Å². The van der Waals surface area contributed by atoms with E-state index in [0.29, 0.717) is 19.5 Å². The number of nitrogens with zero attached hydrogens (tertiary/aromatic N) is 3. The number of nitrogens with one attached hydrogen (secondary N) is 1. The second-order valence-corrected chi connectivity index (χ2v) is 7.09. The molecule has 6 heteroatoms. The molecular weight excluding hydrogens is 314 g/mol. The highest BCUT2D eigenvalue weighted by Gasteiger charge is 2.32. The van der Waals surface area contributed by atoms with Crippen molar-refractivity contribution in [1.82, 2.24) is 19.9 Å². The van der Waals surface area contributed by atoms with E-state index in [2.05, 4.69) is 15.3 Å². The van der Waals surface area contributed by atoms with Crippen LogP contribution in [0.5, 0.6) is 0 Å². The Morgan fingerprint density at radius 2 is 2.08 bits per heavy atom. The molecule has 3 rings (SSSR count). The highest BCUT2D eigenvalue weighted by molar-refractivity contribution is 5.76. The smallest absolute Gasteiger partial charge is 0.220 e. The first-order valence-electron chi connectivity index (χ1n) is 9.04. The summed E-state index contributed by atoms with van der Waals surface area (Å²) in [6.07, 6.45) is 11.7. The maximum Gasteiger partial charge on any atom is 0.220 e. The standard InChI is InChI=1S/C19H27N5O/c1-15-21-9-10-24(15)17-6-5-16(12-22-17)13-23-18(25)11-19(14-20)7-3-2-4-8-19/h5-6,9-10,12H,2-4,7-8,11,13-14,20H2,1H3,(H,23,25). The van der Waals surface area contributed by atoms with E-state index in [1.165, 1.54) is 19.3 Å². The molecule has 0 aliphatic heterocycles. The average molecular weight is 341 g/mol. The number of hydrogen-bond donors (Lipinski definition) is 2. The second-order valence-electron chi connectivity index (χ2n) is 7.09. The van der Waals surface area contributed by atoms with Gasteiger partial charge >= 0.3 is 0 Å². The summed E-state index contributed by atoms with van der Waals surface area (Å²) in [4.78, 5) is 21.0. The first-order valence-corrected chi connectivity index (χ1v) is 9.04. The van der Waals surface area contributed by atoms with Crippen LogP contribution in [0.1, 0.15) is 49.9 Å². The largest absolute Gasteiger partial charge is 0.352 e. The van der Waals surface area contributed by atoms with Gasteiger partial charge in [0.05, 0.1) is 0 Å². The van der Waals surface area contributed by atoms with Crippen LogP contribution in [0, 0.1) is 12.3 Å². The third-order valence-corrected chi connectivity index (χ3v) is 5.25. The van der Waals surface area contributed by atoms with Gasteiger partial charge in [0.25, 0.3) is 0 Å². The van der Waals surface area contributed by atoms with Crippen LogP contribution in [0.2, 0.25) is 0 Å². The van der Waals surface area contributed by atoms with Crippen molar-refractivity contribution in [2.75, 3.05) is 6.54 Å². The summed E-state index contributed by atoms with van der Waals surface area (Å²) in [6.45, 7) is 3.03. The van der Waals surface area contributed by atoms with Crippen molar-refractivity contribution < 1.29 is 4.79 Å². The molecule has 1 fully saturated rings. The van der Waals surface area contributed by atoms with Crippen LogP contribution in [0.15, 0.2) is 30.7 Å². The average Bonchev–Trinajstić information content (AvgIpc) is 3.07. The molecule has 2 aromatic heterocycles. The quantitative estimate of drug-likeness (QED) is 0.845. The zero-order valence-corrected chi connectivity index (χ0v) is 14.9. The number of imidazole rings is 1. The van der Waals surface area contributed by atoms with Gasteiger partial charge in [0.2, 0.25) is 5.91 Å². The van der Waals surface area contributed by atoms with Crippen LogP contribution in [0.3, 0.4) is 0 Å². The highest BCUT2D eigenvalue weighted by atomic mass is 16.1. The number of rotatable bonds is 6. The van der Waals surface area contributed by atoms with Gasteiger partial charge < -0.3 is 11.1 Å². The van der Waals surface area contributed by atoms with Gasteiger partial charge in [0.15, 0.2) is 0 Å². The SMILES string of the molecule is Cc1nccn1-c1ccc(CNC(=O)CC2(CN)CCCCC2)cn1. The van der Waals surface area contributed by atoms with Crippen LogP contribution in [0.25, 0.3) is 5.82 Å². The first kappa shape index (κ1) is 17.6. The molecule has 6 nitrogen and oxygen atoms in total. The highest BCUT2D eigenvalue weighted by Crippen LogP contribution is 2.38. The molecule has 2 heterocycles. The molecule has 0 saturated heterocycles. The fourth-order valence-corrected chi connectivity index (χ4v) is 3.64. The molecule has 134 valence electrons. The Bertz CT molecular complexity index is 701. The minimum Gasteiger partial charge on any atom is -0.352 e. The van der Waals surface area contributed by atoms with Crippen LogP contribution >= 0.6 is 0 Å². The molecule has 0 unspecified atom stereocenters. The van der Waals surface area contributed by atoms with Crippen LogP contribution < -0.4 is 11.1 Å². The number of aromatic nitrogens is 3. The summed E-state index contributed by atoms with van der Waals surface area (Å²) in [5.41, 5.74) is 6.96. The Hall–Kier alpha value is -2.21. The number of carbonyl (C=O) groups excluding carboxylic acids is 1. The van der Waals surface area contributed by atoms with Gasteiger partial charge in [-0.3, -0.25) is 9.36 Å². The van der Waals surface area contributed by atoms with E-state index in [0.717, 1.165) is 30.0 Å². The molecule has 0 aromatic carbocycles. The van der Waals surface area contributed by atoms with E-state index in [4.69, 9.17) is 5.73 Å². The normalized spacial score (nSPS) is 16.6. The lowest BCUT2D eigenvalue weighted by molar-refractivity contribution is -0.124. The van der Waals surface area contributed by atoms with Crippen LogP contribution in [-0.4, -0.2) is 27.0 Å². The van der Waals surface area contributed by atoms with E-state index in [1.54, 1.807) is 12.4 Å². The van der Waals surface area contributed by atoms with Crippen LogP contribution in [0.4, 0.5) is 0 Å². The number of pyridine rings is 1. The van der Waals surface area contributed by atoms with Crippen molar-refractivity contribution in [1.29, 1.82) is 0 Å². The molecule has 0 atom stereocenters. The Balaban J connectivity index is 1.54. The second kappa shape index (κ2) is 7.78. The van der Waals surface area contributed by atoms with Crippen molar-refractivity contribution in [2.24, 2.45) is 11.1 Å². The van der Waals surface area contributed by atoms with Gasteiger partial charge in [-0.05, 0) is 43.4 Å². The Kier molecular flexibility index (Phi) is 5.48. The molecule has 1 aliphatic rings. The summed E-state index contributed by atoms with van der Waals surface area (Å²) in [5, 5.41) is 3.02. The Labute approximate surface area is 148 Å². The molecule has 2 aromatic rings. The van der Waals surface area contributed by atoms with E-state index >= 15 is 0 Å². The number of nitrogens with two attached hydrogens (primary N) is 1. The fourth-order valence-electron chi connectivity index (χ4n) is 3.64. The zero-order chi connectivity index (χ0) is 17.7. The van der Waals surface area contributed by atoms with Gasteiger partial charge in [-0.2, -0.15) is 0 Å². The molecule has 1 saturated carbocycles. The number of amides is 1. The zero-order valence-electron chi connectivity index (χ0n) is 14.9. The summed E-state index contributed by atoms with van der Waals surface area (Å²) < 4.78 is 1.93. The van der Waals surface area contributed by atoms with E-state index in [9.17, 15) is 4.79 Å². The number of carbonyl (C=O) groups is 1. The summed E-state index contributed by atoms with van der Waals surface area (Å²) in [5.74, 6) is 1.81. The molecule has 0 radical (unpaired) electrons. The molecule has 0 spiro atoms. The van der Waals surface area contributed by atoms with Crippen molar-refractivity contribution in [3.8, 4) is 5.82 Å². The minimum atomic E-state index is 0.00336. The maximum atomic E-state index is 12.3. The lowest BCUT2D eigenvalue weighted by Crippen LogP contribution is -2.38. The van der Waals surface area contributed by atoms with Gasteiger partial charge in [0, 0.05) is 31.6 Å². The monoisotopic (exact) mass is 341 g/mol. The van der Waals surface area contributed by atoms with Gasteiger partial charge in [-0.25, -0.2) is 9.97 Å². The third kappa shape index (κ3) is 4.25. The molecular formula is C19H27N5O. The van der Waals surface area contributed by atoms with Crippen molar-refractivity contribution in [3.63, 3.8) is 0 Å². The summed E-state index contributed by atoms with van der Waals surface area (Å²) in [6, 6.07) is 3.93. The van der Waals surface area contributed by atoms with E-state index < -0.39 is 0 Å². The van der Waals surface area contributed by atoms with Crippen molar-refractivity contribution in [2.45, 2.75) is 52.0 Å². The number of aryl methyl sites for hydroxylation is 1. The lowest BCUT2D eigenvalue weighted by Gasteiger charge is -2.35. The summed E-state index contributed by atoms with van der Waals surface area (Å²) in [7, 11) is 0. The Morgan fingerprint density at radius 3 is 2.68 bits per heavy atom. The van der Waals surface area contributed by atoms with Gasteiger partial charge in [0.1, 0.15) is 11.6 Å². The lowest BCUT2D eigenvalue weighted by atomic mass is 9.71.